The first-order chi connectivity index (χ1) is 6.90. The summed E-state index contributed by atoms with van der Waals surface area (Å²) in [5.74, 6) is 1.48. The molecule has 0 atom stereocenters. The van der Waals surface area contributed by atoms with Crippen LogP contribution in [0.25, 0.3) is 5.65 Å². The molecule has 0 bridgehead atoms. The van der Waals surface area contributed by atoms with Crippen molar-refractivity contribution in [1.82, 2.24) is 19.6 Å². The Balaban J connectivity index is 2.32. The highest BCUT2D eigenvalue weighted by atomic mass is 15.3. The van der Waals surface area contributed by atoms with Gasteiger partial charge in [-0.2, -0.15) is 5.26 Å². The third-order valence-electron chi connectivity index (χ3n) is 2.40. The summed E-state index contributed by atoms with van der Waals surface area (Å²) in [7, 11) is 0. The third-order valence-corrected chi connectivity index (χ3v) is 2.40. The molecule has 0 unspecified atom stereocenters. The molecule has 68 valence electrons. The van der Waals surface area contributed by atoms with Crippen LogP contribution in [-0.4, -0.2) is 19.6 Å². The van der Waals surface area contributed by atoms with Crippen LogP contribution in [0, 0.1) is 11.3 Å². The van der Waals surface area contributed by atoms with E-state index in [1.165, 1.54) is 12.8 Å². The van der Waals surface area contributed by atoms with Gasteiger partial charge in [0.05, 0.1) is 0 Å². The lowest BCUT2D eigenvalue weighted by Gasteiger charge is -1.95. The monoisotopic (exact) mass is 185 g/mol. The van der Waals surface area contributed by atoms with Crippen molar-refractivity contribution in [3.8, 4) is 6.07 Å². The average Bonchev–Trinajstić information content (AvgIpc) is 2.97. The Morgan fingerprint density at radius 2 is 2.29 bits per heavy atom. The lowest BCUT2D eigenvalue weighted by molar-refractivity contribution is 0.894. The van der Waals surface area contributed by atoms with E-state index in [0.717, 1.165) is 5.82 Å². The molecule has 0 radical (unpaired) electrons. The molecule has 0 N–H and O–H groups in total. The smallest absolute Gasteiger partial charge is 0.197 e. The Kier molecular flexibility index (Phi) is 1.34. The van der Waals surface area contributed by atoms with E-state index in [4.69, 9.17) is 5.26 Å². The van der Waals surface area contributed by atoms with Gasteiger partial charge in [-0.25, -0.2) is 4.98 Å². The van der Waals surface area contributed by atoms with E-state index >= 15 is 0 Å². The molecule has 0 amide bonds. The number of nitrogens with zero attached hydrogens (tertiary/aromatic N) is 5. The fraction of sp³-hybridized carbons (Fsp3) is 0.333. The van der Waals surface area contributed by atoms with Gasteiger partial charge in [-0.3, -0.25) is 4.40 Å². The van der Waals surface area contributed by atoms with Crippen molar-refractivity contribution in [2.75, 3.05) is 0 Å². The molecule has 14 heavy (non-hydrogen) atoms. The van der Waals surface area contributed by atoms with Crippen molar-refractivity contribution in [2.24, 2.45) is 0 Å². The molecule has 5 heteroatoms. The second kappa shape index (κ2) is 2.51. The van der Waals surface area contributed by atoms with Crippen LogP contribution in [0.4, 0.5) is 0 Å². The van der Waals surface area contributed by atoms with Crippen LogP contribution in [0.1, 0.15) is 30.3 Å². The summed E-state index contributed by atoms with van der Waals surface area (Å²) in [6.07, 6.45) is 5.76. The molecule has 1 fully saturated rings. The summed E-state index contributed by atoms with van der Waals surface area (Å²) >= 11 is 0. The van der Waals surface area contributed by atoms with Crippen LogP contribution in [0.5, 0.6) is 0 Å². The first-order valence-corrected chi connectivity index (χ1v) is 4.50. The van der Waals surface area contributed by atoms with E-state index in [1.807, 2.05) is 16.7 Å². The molecule has 0 aromatic carbocycles. The van der Waals surface area contributed by atoms with E-state index in [0.29, 0.717) is 17.3 Å². The van der Waals surface area contributed by atoms with E-state index < -0.39 is 0 Å². The fourth-order valence-corrected chi connectivity index (χ4v) is 1.54. The predicted molar refractivity (Wildman–Crippen MR) is 47.5 cm³/mol. The van der Waals surface area contributed by atoms with E-state index in [9.17, 15) is 0 Å². The molecule has 0 spiro atoms. The van der Waals surface area contributed by atoms with Crippen molar-refractivity contribution in [2.45, 2.75) is 18.8 Å². The molecule has 1 aliphatic rings. The molecule has 5 nitrogen and oxygen atoms in total. The van der Waals surface area contributed by atoms with Crippen LogP contribution >= 0.6 is 0 Å². The van der Waals surface area contributed by atoms with Gasteiger partial charge in [0, 0.05) is 18.3 Å². The summed E-state index contributed by atoms with van der Waals surface area (Å²) in [5, 5.41) is 16.9. The van der Waals surface area contributed by atoms with Crippen molar-refractivity contribution >= 4 is 5.65 Å². The number of hydrogen-bond acceptors (Lipinski definition) is 4. The Morgan fingerprint density at radius 3 is 3.00 bits per heavy atom. The second-order valence-corrected chi connectivity index (χ2v) is 3.41. The van der Waals surface area contributed by atoms with Crippen molar-refractivity contribution in [3.63, 3.8) is 0 Å². The molecular weight excluding hydrogens is 178 g/mol. The number of aromatic nitrogens is 4. The maximum Gasteiger partial charge on any atom is 0.197 e. The van der Waals surface area contributed by atoms with Gasteiger partial charge < -0.3 is 0 Å². The largest absolute Gasteiger partial charge is 0.282 e. The topological polar surface area (TPSA) is 66.9 Å². The summed E-state index contributed by atoms with van der Waals surface area (Å²) in [5.41, 5.74) is 0.906. The standard InChI is InChI=1S/C9H7N5/c10-5-7-9-13-12-8(6-1-2-6)14(9)4-3-11-7/h3-4,6H,1-2H2. The fourth-order valence-electron chi connectivity index (χ4n) is 1.54. The highest BCUT2D eigenvalue weighted by Crippen LogP contribution is 2.38. The summed E-state index contributed by atoms with van der Waals surface area (Å²) in [6.45, 7) is 0. The molecular formula is C9H7N5. The lowest BCUT2D eigenvalue weighted by Crippen LogP contribution is -1.95. The second-order valence-electron chi connectivity index (χ2n) is 3.41. The predicted octanol–water partition coefficient (Wildman–Crippen LogP) is 0.873. The van der Waals surface area contributed by atoms with Gasteiger partial charge in [-0.15, -0.1) is 10.2 Å². The van der Waals surface area contributed by atoms with Crippen LogP contribution in [-0.2, 0) is 0 Å². The summed E-state index contributed by atoms with van der Waals surface area (Å²) in [6, 6.07) is 2.01. The van der Waals surface area contributed by atoms with Gasteiger partial charge in [0.25, 0.3) is 0 Å². The van der Waals surface area contributed by atoms with Crippen molar-refractivity contribution in [3.05, 3.63) is 23.9 Å². The van der Waals surface area contributed by atoms with Gasteiger partial charge in [0.1, 0.15) is 11.9 Å². The van der Waals surface area contributed by atoms with E-state index in [1.54, 1.807) is 6.20 Å². The van der Waals surface area contributed by atoms with Crippen LogP contribution in [0.15, 0.2) is 12.4 Å². The number of rotatable bonds is 1. The first kappa shape index (κ1) is 7.44. The summed E-state index contributed by atoms with van der Waals surface area (Å²) in [4.78, 5) is 3.93. The van der Waals surface area contributed by atoms with E-state index in [-0.39, 0.29) is 0 Å². The molecule has 0 aliphatic heterocycles. The van der Waals surface area contributed by atoms with Crippen molar-refractivity contribution in [1.29, 1.82) is 5.26 Å². The minimum Gasteiger partial charge on any atom is -0.282 e. The Labute approximate surface area is 80.0 Å². The Hall–Kier alpha value is -1.96. The minimum absolute atomic E-state index is 0.340. The molecule has 3 rings (SSSR count). The normalized spacial score (nSPS) is 15.6. The van der Waals surface area contributed by atoms with Gasteiger partial charge in [0.2, 0.25) is 0 Å². The molecule has 0 saturated heterocycles. The molecule has 2 aromatic heterocycles. The third kappa shape index (κ3) is 0.909. The van der Waals surface area contributed by atoms with Crippen LogP contribution in [0.2, 0.25) is 0 Å². The number of hydrogen-bond donors (Lipinski definition) is 0. The number of fused-ring (bicyclic) bond motifs is 1. The van der Waals surface area contributed by atoms with Crippen molar-refractivity contribution < 1.29 is 0 Å². The van der Waals surface area contributed by atoms with Crippen LogP contribution < -0.4 is 0 Å². The Bertz CT molecular complexity index is 532. The maximum atomic E-state index is 8.81. The SMILES string of the molecule is N#Cc1nccn2c(C3CC3)nnc12. The highest BCUT2D eigenvalue weighted by Gasteiger charge is 2.29. The van der Waals surface area contributed by atoms with Gasteiger partial charge in [0.15, 0.2) is 11.3 Å². The number of nitriles is 1. The minimum atomic E-state index is 0.340. The lowest BCUT2D eigenvalue weighted by atomic mass is 10.4. The van der Waals surface area contributed by atoms with Crippen LogP contribution in [0.3, 0.4) is 0 Å². The van der Waals surface area contributed by atoms with E-state index in [2.05, 4.69) is 15.2 Å². The molecule has 1 saturated carbocycles. The maximum absolute atomic E-state index is 8.81. The molecule has 1 aliphatic carbocycles. The Morgan fingerprint density at radius 1 is 1.43 bits per heavy atom. The summed E-state index contributed by atoms with van der Waals surface area (Å²) < 4.78 is 1.86. The van der Waals surface area contributed by atoms with Gasteiger partial charge >= 0.3 is 0 Å². The van der Waals surface area contributed by atoms with Gasteiger partial charge in [-0.1, -0.05) is 0 Å². The first-order valence-electron chi connectivity index (χ1n) is 4.50. The highest BCUT2D eigenvalue weighted by molar-refractivity contribution is 5.50. The molecule has 2 aromatic rings. The zero-order valence-electron chi connectivity index (χ0n) is 7.38. The zero-order valence-corrected chi connectivity index (χ0v) is 7.38. The molecule has 2 heterocycles. The average molecular weight is 185 g/mol. The zero-order chi connectivity index (χ0) is 9.54. The quantitative estimate of drug-likeness (QED) is 0.661. The van der Waals surface area contributed by atoms with Gasteiger partial charge in [-0.05, 0) is 12.8 Å².